The molecule has 104 valence electrons. The van der Waals surface area contributed by atoms with E-state index in [1.165, 1.54) is 29.6 Å². The number of para-hydroxylation sites is 1. The fourth-order valence-corrected chi connectivity index (χ4v) is 3.78. The Labute approximate surface area is 117 Å². The van der Waals surface area contributed by atoms with Crippen molar-refractivity contribution in [1.29, 1.82) is 0 Å². The number of aromatic nitrogens is 1. The van der Waals surface area contributed by atoms with Crippen molar-refractivity contribution in [3.8, 4) is 0 Å². The van der Waals surface area contributed by atoms with Gasteiger partial charge in [0.2, 0.25) is 0 Å². The van der Waals surface area contributed by atoms with Gasteiger partial charge in [-0.2, -0.15) is 0 Å². The molecule has 4 heteroatoms. The molecule has 4 heterocycles. The van der Waals surface area contributed by atoms with Crippen LogP contribution in [0.25, 0.3) is 10.9 Å². The molecule has 1 fully saturated rings. The average molecular weight is 269 g/mol. The molecule has 0 aliphatic carbocycles. The molecule has 1 aromatic heterocycles. The van der Waals surface area contributed by atoms with Crippen molar-refractivity contribution in [2.75, 3.05) is 24.5 Å². The lowest BCUT2D eigenvalue weighted by molar-refractivity contribution is 0.0987. The highest BCUT2D eigenvalue weighted by Crippen LogP contribution is 2.46. The summed E-state index contributed by atoms with van der Waals surface area (Å²) in [5.74, 6) is 2.04. The third-order valence-corrected chi connectivity index (χ3v) is 4.74. The number of piperidine rings is 1. The lowest BCUT2D eigenvalue weighted by Crippen LogP contribution is -2.38. The van der Waals surface area contributed by atoms with Crippen LogP contribution in [0.5, 0.6) is 0 Å². The van der Waals surface area contributed by atoms with E-state index >= 15 is 0 Å². The number of nitrogens with zero attached hydrogens (tertiary/aromatic N) is 1. The van der Waals surface area contributed by atoms with E-state index in [-0.39, 0.29) is 5.78 Å². The summed E-state index contributed by atoms with van der Waals surface area (Å²) >= 11 is 0. The van der Waals surface area contributed by atoms with E-state index < -0.39 is 0 Å². The van der Waals surface area contributed by atoms with Crippen LogP contribution in [-0.2, 0) is 0 Å². The Bertz CT molecular complexity index is 680. The summed E-state index contributed by atoms with van der Waals surface area (Å²) < 4.78 is 0. The number of carbonyl (C=O) groups excluding carboxylic acids is 1. The molecule has 2 bridgehead atoms. The average Bonchev–Trinajstić information content (AvgIpc) is 2.90. The molecular formula is C16H19N3O. The summed E-state index contributed by atoms with van der Waals surface area (Å²) in [6.45, 7) is 2.68. The zero-order chi connectivity index (χ0) is 13.7. The molecule has 1 aromatic carbocycles. The van der Waals surface area contributed by atoms with Crippen molar-refractivity contribution in [2.24, 2.45) is 5.73 Å². The summed E-state index contributed by atoms with van der Waals surface area (Å²) in [7, 11) is 0. The second kappa shape index (κ2) is 4.35. The Balaban J connectivity index is 1.93. The van der Waals surface area contributed by atoms with Gasteiger partial charge in [-0.1, -0.05) is 12.1 Å². The van der Waals surface area contributed by atoms with Gasteiger partial charge >= 0.3 is 0 Å². The van der Waals surface area contributed by atoms with Gasteiger partial charge in [0.25, 0.3) is 0 Å². The smallest absolute Gasteiger partial charge is 0.166 e. The van der Waals surface area contributed by atoms with Crippen LogP contribution >= 0.6 is 0 Å². The van der Waals surface area contributed by atoms with Crippen molar-refractivity contribution >= 4 is 22.5 Å². The molecule has 3 N–H and O–H groups in total. The van der Waals surface area contributed by atoms with Crippen LogP contribution in [0.1, 0.15) is 41.1 Å². The summed E-state index contributed by atoms with van der Waals surface area (Å²) in [4.78, 5) is 18.2. The number of nitrogens with one attached hydrogen (secondary N) is 1. The minimum Gasteiger partial charge on any atom is -0.358 e. The summed E-state index contributed by atoms with van der Waals surface area (Å²) in [6.07, 6.45) is 2.89. The Morgan fingerprint density at radius 2 is 2.15 bits per heavy atom. The van der Waals surface area contributed by atoms with E-state index in [1.54, 1.807) is 0 Å². The normalized spacial score (nSPS) is 17.8. The number of aromatic amines is 1. The first-order chi connectivity index (χ1) is 9.79. The number of benzene rings is 1. The third kappa shape index (κ3) is 1.54. The van der Waals surface area contributed by atoms with Crippen molar-refractivity contribution in [3.05, 3.63) is 29.3 Å². The predicted molar refractivity (Wildman–Crippen MR) is 80.5 cm³/mol. The minimum absolute atomic E-state index is 0.138. The lowest BCUT2D eigenvalue weighted by Gasteiger charge is -2.40. The van der Waals surface area contributed by atoms with Crippen LogP contribution in [-0.4, -0.2) is 30.4 Å². The largest absolute Gasteiger partial charge is 0.358 e. The fourth-order valence-electron chi connectivity index (χ4n) is 3.78. The molecule has 3 aliphatic heterocycles. The Morgan fingerprint density at radius 3 is 2.90 bits per heavy atom. The number of rotatable bonds is 3. The molecular weight excluding hydrogens is 250 g/mol. The highest BCUT2D eigenvalue weighted by Gasteiger charge is 2.34. The number of fused-ring (bicyclic) bond motifs is 3. The molecule has 1 saturated heterocycles. The van der Waals surface area contributed by atoms with Crippen LogP contribution in [0.4, 0.5) is 5.82 Å². The number of anilines is 1. The van der Waals surface area contributed by atoms with Crippen molar-refractivity contribution in [2.45, 2.75) is 25.2 Å². The fraction of sp³-hybridized carbons (Fsp3) is 0.438. The molecule has 2 aromatic rings. The van der Waals surface area contributed by atoms with Gasteiger partial charge in [0.15, 0.2) is 5.78 Å². The molecule has 0 atom stereocenters. The van der Waals surface area contributed by atoms with E-state index in [2.05, 4.69) is 16.0 Å². The van der Waals surface area contributed by atoms with Crippen LogP contribution in [0, 0.1) is 0 Å². The van der Waals surface area contributed by atoms with E-state index in [1.807, 2.05) is 12.1 Å². The van der Waals surface area contributed by atoms with E-state index in [0.717, 1.165) is 24.2 Å². The molecule has 5 rings (SSSR count). The lowest BCUT2D eigenvalue weighted by atomic mass is 9.84. The van der Waals surface area contributed by atoms with Gasteiger partial charge in [0, 0.05) is 36.0 Å². The maximum absolute atomic E-state index is 12.2. The van der Waals surface area contributed by atoms with Crippen LogP contribution in [0.3, 0.4) is 0 Å². The van der Waals surface area contributed by atoms with Gasteiger partial charge in [-0.15, -0.1) is 0 Å². The number of nitrogens with two attached hydrogens (primary N) is 1. The SMILES string of the molecule is NCCC(=O)c1cccc2c3c([nH]c12)N1CCC3CC1. The van der Waals surface area contributed by atoms with E-state index in [4.69, 9.17) is 5.73 Å². The number of hydrogen-bond acceptors (Lipinski definition) is 3. The molecule has 0 saturated carbocycles. The predicted octanol–water partition coefficient (Wildman–Crippen LogP) is 2.40. The molecule has 4 nitrogen and oxygen atoms in total. The molecule has 0 radical (unpaired) electrons. The highest BCUT2D eigenvalue weighted by atomic mass is 16.1. The first-order valence-corrected chi connectivity index (χ1v) is 7.42. The number of hydrogen-bond donors (Lipinski definition) is 2. The molecule has 0 unspecified atom stereocenters. The topological polar surface area (TPSA) is 62.1 Å². The first kappa shape index (κ1) is 12.0. The molecule has 20 heavy (non-hydrogen) atoms. The second-order valence-corrected chi connectivity index (χ2v) is 5.84. The molecule has 3 aliphatic rings. The van der Waals surface area contributed by atoms with Gasteiger partial charge < -0.3 is 15.6 Å². The summed E-state index contributed by atoms with van der Waals surface area (Å²) in [5.41, 5.74) is 8.76. The maximum Gasteiger partial charge on any atom is 0.166 e. The van der Waals surface area contributed by atoms with Gasteiger partial charge in [-0.05, 0) is 31.4 Å². The van der Waals surface area contributed by atoms with Gasteiger partial charge in [-0.3, -0.25) is 4.79 Å². The van der Waals surface area contributed by atoms with Crippen LogP contribution in [0.2, 0.25) is 0 Å². The first-order valence-electron chi connectivity index (χ1n) is 7.42. The van der Waals surface area contributed by atoms with Gasteiger partial charge in [0.05, 0.1) is 5.52 Å². The Hall–Kier alpha value is -1.81. The second-order valence-electron chi connectivity index (χ2n) is 5.84. The number of ketones is 1. The number of carbonyl (C=O) groups is 1. The zero-order valence-corrected chi connectivity index (χ0v) is 11.5. The van der Waals surface area contributed by atoms with Crippen molar-refractivity contribution in [1.82, 2.24) is 4.98 Å². The number of H-pyrrole nitrogens is 1. The maximum atomic E-state index is 12.2. The molecule has 0 amide bonds. The zero-order valence-electron chi connectivity index (χ0n) is 11.5. The van der Waals surface area contributed by atoms with Crippen molar-refractivity contribution < 1.29 is 4.79 Å². The standard InChI is InChI=1S/C16H19N3O/c17-7-4-13(20)11-2-1-3-12-14-10-5-8-19(9-6-10)16(14)18-15(11)12/h1-3,10,18H,4-9,17H2. The Kier molecular flexibility index (Phi) is 2.60. The van der Waals surface area contributed by atoms with Crippen molar-refractivity contribution in [3.63, 3.8) is 0 Å². The van der Waals surface area contributed by atoms with Crippen LogP contribution in [0.15, 0.2) is 18.2 Å². The third-order valence-electron chi connectivity index (χ3n) is 4.74. The van der Waals surface area contributed by atoms with E-state index in [0.29, 0.717) is 18.9 Å². The van der Waals surface area contributed by atoms with Gasteiger partial charge in [-0.25, -0.2) is 0 Å². The summed E-state index contributed by atoms with van der Waals surface area (Å²) in [6, 6.07) is 6.06. The highest BCUT2D eigenvalue weighted by molar-refractivity contribution is 6.09. The number of Topliss-reactive ketones (excluding diaryl/α,β-unsaturated/α-hetero) is 1. The van der Waals surface area contributed by atoms with Crippen LogP contribution < -0.4 is 10.6 Å². The molecule has 0 spiro atoms. The Morgan fingerprint density at radius 1 is 1.35 bits per heavy atom. The summed E-state index contributed by atoms with van der Waals surface area (Å²) in [5, 5.41) is 1.23. The van der Waals surface area contributed by atoms with E-state index in [9.17, 15) is 4.79 Å². The minimum atomic E-state index is 0.138. The quantitative estimate of drug-likeness (QED) is 0.841. The van der Waals surface area contributed by atoms with Gasteiger partial charge in [0.1, 0.15) is 5.82 Å². The monoisotopic (exact) mass is 269 g/mol.